The molecule has 1 amide bonds. The van der Waals surface area contributed by atoms with Crippen LogP contribution < -0.4 is 11.1 Å². The Morgan fingerprint density at radius 3 is 2.44 bits per heavy atom. The highest BCUT2D eigenvalue weighted by molar-refractivity contribution is 5.76. The van der Waals surface area contributed by atoms with Crippen molar-refractivity contribution in [1.29, 1.82) is 0 Å². The van der Waals surface area contributed by atoms with Gasteiger partial charge in [0.15, 0.2) is 0 Å². The zero-order chi connectivity index (χ0) is 12.4. The third-order valence-electron chi connectivity index (χ3n) is 2.93. The van der Waals surface area contributed by atoms with Crippen LogP contribution in [-0.4, -0.2) is 29.7 Å². The van der Waals surface area contributed by atoms with E-state index in [2.05, 4.69) is 5.32 Å². The van der Waals surface area contributed by atoms with E-state index in [0.717, 1.165) is 38.6 Å². The molecule has 0 radical (unpaired) electrons. The van der Waals surface area contributed by atoms with Gasteiger partial charge in [0.05, 0.1) is 12.1 Å². The van der Waals surface area contributed by atoms with Gasteiger partial charge in [0, 0.05) is 6.42 Å². The molecule has 4 N–H and O–H groups in total. The lowest BCUT2D eigenvalue weighted by Crippen LogP contribution is -2.48. The van der Waals surface area contributed by atoms with Crippen LogP contribution in [0.5, 0.6) is 0 Å². The molecule has 96 valence electrons. The molecular weight excluding hydrogens is 204 g/mol. The van der Waals surface area contributed by atoms with Crippen LogP contribution >= 0.6 is 0 Å². The number of unbranched alkanes of at least 4 members (excludes halogenated alkanes) is 3. The van der Waals surface area contributed by atoms with Crippen molar-refractivity contribution >= 4 is 5.91 Å². The van der Waals surface area contributed by atoms with E-state index in [1.54, 1.807) is 0 Å². The van der Waals surface area contributed by atoms with Gasteiger partial charge in [-0.25, -0.2) is 0 Å². The molecule has 0 aromatic heterocycles. The quantitative estimate of drug-likeness (QED) is 0.520. The molecule has 0 spiro atoms. The zero-order valence-electron chi connectivity index (χ0n) is 10.6. The molecule has 0 bridgehead atoms. The number of hydrogen-bond donors (Lipinski definition) is 3. The molecule has 1 atom stereocenters. The van der Waals surface area contributed by atoms with Crippen LogP contribution in [0.25, 0.3) is 0 Å². The minimum Gasteiger partial charge on any atom is -0.394 e. The predicted molar refractivity (Wildman–Crippen MR) is 66.1 cm³/mol. The fourth-order valence-electron chi connectivity index (χ4n) is 1.42. The number of carbonyl (C=O) groups is 1. The number of nitrogens with two attached hydrogens (primary N) is 1. The standard InChI is InChI=1S/C12H26N2O2/c1-3-12(2,10-15)14-11(16)8-6-4-5-7-9-13/h15H,3-10,13H2,1-2H3,(H,14,16). The van der Waals surface area contributed by atoms with Crippen molar-refractivity contribution in [3.05, 3.63) is 0 Å². The number of aliphatic hydroxyl groups excluding tert-OH is 1. The van der Waals surface area contributed by atoms with Gasteiger partial charge in [0.25, 0.3) is 0 Å². The van der Waals surface area contributed by atoms with Crippen molar-refractivity contribution in [1.82, 2.24) is 5.32 Å². The van der Waals surface area contributed by atoms with Gasteiger partial charge in [-0.1, -0.05) is 19.8 Å². The van der Waals surface area contributed by atoms with Gasteiger partial charge in [0.2, 0.25) is 5.91 Å². The van der Waals surface area contributed by atoms with Crippen molar-refractivity contribution in [2.24, 2.45) is 5.73 Å². The highest BCUT2D eigenvalue weighted by Gasteiger charge is 2.22. The Labute approximate surface area is 98.6 Å². The van der Waals surface area contributed by atoms with E-state index in [0.29, 0.717) is 6.42 Å². The monoisotopic (exact) mass is 230 g/mol. The maximum atomic E-state index is 11.6. The third-order valence-corrected chi connectivity index (χ3v) is 2.93. The van der Waals surface area contributed by atoms with Crippen molar-refractivity contribution in [3.8, 4) is 0 Å². The van der Waals surface area contributed by atoms with Crippen molar-refractivity contribution in [2.45, 2.75) is 57.9 Å². The number of aliphatic hydroxyl groups is 1. The predicted octanol–water partition coefficient (Wildman–Crippen LogP) is 1.17. The number of carbonyl (C=O) groups excluding carboxylic acids is 1. The lowest BCUT2D eigenvalue weighted by atomic mass is 10.00. The molecule has 0 aliphatic carbocycles. The lowest BCUT2D eigenvalue weighted by Gasteiger charge is -2.27. The number of nitrogens with one attached hydrogen (secondary N) is 1. The van der Waals surface area contributed by atoms with Crippen LogP contribution in [0.2, 0.25) is 0 Å². The highest BCUT2D eigenvalue weighted by atomic mass is 16.3. The summed E-state index contributed by atoms with van der Waals surface area (Å²) in [6.07, 6.45) is 5.35. The number of hydrogen-bond acceptors (Lipinski definition) is 3. The first-order valence-electron chi connectivity index (χ1n) is 6.20. The van der Waals surface area contributed by atoms with Crippen LogP contribution in [0, 0.1) is 0 Å². The van der Waals surface area contributed by atoms with E-state index >= 15 is 0 Å². The van der Waals surface area contributed by atoms with E-state index in [4.69, 9.17) is 10.8 Å². The van der Waals surface area contributed by atoms with Crippen LogP contribution in [0.4, 0.5) is 0 Å². The molecule has 4 nitrogen and oxygen atoms in total. The first-order valence-corrected chi connectivity index (χ1v) is 6.20. The number of rotatable bonds is 9. The minimum atomic E-state index is -0.464. The Hall–Kier alpha value is -0.610. The van der Waals surface area contributed by atoms with E-state index in [1.165, 1.54) is 0 Å². The summed E-state index contributed by atoms with van der Waals surface area (Å²) in [5, 5.41) is 12.0. The average Bonchev–Trinajstić information content (AvgIpc) is 2.28. The minimum absolute atomic E-state index is 0.0115. The Balaban J connectivity index is 3.65. The second-order valence-corrected chi connectivity index (χ2v) is 4.57. The van der Waals surface area contributed by atoms with Gasteiger partial charge >= 0.3 is 0 Å². The van der Waals surface area contributed by atoms with Gasteiger partial charge in [-0.2, -0.15) is 0 Å². The SMILES string of the molecule is CCC(C)(CO)NC(=O)CCCCCCN. The fourth-order valence-corrected chi connectivity index (χ4v) is 1.42. The van der Waals surface area contributed by atoms with E-state index in [-0.39, 0.29) is 12.5 Å². The summed E-state index contributed by atoms with van der Waals surface area (Å²) >= 11 is 0. The molecule has 0 aliphatic heterocycles. The molecule has 0 saturated carbocycles. The van der Waals surface area contributed by atoms with Gasteiger partial charge < -0.3 is 16.2 Å². The first-order chi connectivity index (χ1) is 7.58. The Bertz CT molecular complexity index is 191. The van der Waals surface area contributed by atoms with Gasteiger partial charge in [-0.15, -0.1) is 0 Å². The molecule has 4 heteroatoms. The van der Waals surface area contributed by atoms with Crippen LogP contribution in [0.15, 0.2) is 0 Å². The molecular formula is C12H26N2O2. The molecule has 0 fully saturated rings. The van der Waals surface area contributed by atoms with Gasteiger partial charge in [0.1, 0.15) is 0 Å². The summed E-state index contributed by atoms with van der Waals surface area (Å²) in [4.78, 5) is 11.6. The topological polar surface area (TPSA) is 75.3 Å². The van der Waals surface area contributed by atoms with Gasteiger partial charge in [-0.3, -0.25) is 4.79 Å². The van der Waals surface area contributed by atoms with E-state index in [1.807, 2.05) is 13.8 Å². The van der Waals surface area contributed by atoms with Gasteiger partial charge in [-0.05, 0) is 32.7 Å². The van der Waals surface area contributed by atoms with Crippen LogP contribution in [0.1, 0.15) is 52.4 Å². The first kappa shape index (κ1) is 15.4. The Morgan fingerprint density at radius 2 is 1.94 bits per heavy atom. The summed E-state index contributed by atoms with van der Waals surface area (Å²) in [5.41, 5.74) is 4.92. The Morgan fingerprint density at radius 1 is 1.31 bits per heavy atom. The number of amides is 1. The molecule has 0 rings (SSSR count). The summed E-state index contributed by atoms with van der Waals surface area (Å²) in [5.74, 6) is 0.0335. The largest absolute Gasteiger partial charge is 0.394 e. The molecule has 0 aliphatic rings. The maximum absolute atomic E-state index is 11.6. The van der Waals surface area contributed by atoms with E-state index in [9.17, 15) is 4.79 Å². The summed E-state index contributed by atoms with van der Waals surface area (Å²) in [6.45, 7) is 4.53. The molecule has 0 heterocycles. The normalized spacial score (nSPS) is 14.5. The van der Waals surface area contributed by atoms with Crippen molar-refractivity contribution in [3.63, 3.8) is 0 Å². The van der Waals surface area contributed by atoms with Crippen LogP contribution in [-0.2, 0) is 4.79 Å². The zero-order valence-corrected chi connectivity index (χ0v) is 10.6. The molecule has 0 aromatic rings. The van der Waals surface area contributed by atoms with Crippen molar-refractivity contribution in [2.75, 3.05) is 13.2 Å². The van der Waals surface area contributed by atoms with Crippen molar-refractivity contribution < 1.29 is 9.90 Å². The Kier molecular flexibility index (Phi) is 8.21. The fraction of sp³-hybridized carbons (Fsp3) is 0.917. The molecule has 0 saturated heterocycles. The maximum Gasteiger partial charge on any atom is 0.220 e. The summed E-state index contributed by atoms with van der Waals surface area (Å²) in [7, 11) is 0. The van der Waals surface area contributed by atoms with Crippen LogP contribution in [0.3, 0.4) is 0 Å². The second-order valence-electron chi connectivity index (χ2n) is 4.57. The third kappa shape index (κ3) is 6.80. The highest BCUT2D eigenvalue weighted by Crippen LogP contribution is 2.09. The smallest absolute Gasteiger partial charge is 0.220 e. The average molecular weight is 230 g/mol. The second kappa shape index (κ2) is 8.53. The molecule has 16 heavy (non-hydrogen) atoms. The lowest BCUT2D eigenvalue weighted by molar-refractivity contribution is -0.123. The summed E-state index contributed by atoms with van der Waals surface area (Å²) < 4.78 is 0. The molecule has 1 unspecified atom stereocenters. The molecule has 0 aromatic carbocycles. The summed E-state index contributed by atoms with van der Waals surface area (Å²) in [6, 6.07) is 0. The van der Waals surface area contributed by atoms with E-state index < -0.39 is 5.54 Å².